The molecule has 3 heterocycles. The molecule has 37 heavy (non-hydrogen) atoms. The number of ether oxygens (including phenoxy) is 3. The van der Waals surface area contributed by atoms with Crippen LogP contribution in [0.3, 0.4) is 0 Å². The van der Waals surface area contributed by atoms with E-state index >= 15 is 8.78 Å². The Morgan fingerprint density at radius 1 is 1.11 bits per heavy atom. The Balaban J connectivity index is 0.00000157. The summed E-state index contributed by atoms with van der Waals surface area (Å²) >= 11 is 0. The average molecular weight is 518 g/mol. The van der Waals surface area contributed by atoms with Gasteiger partial charge in [0.1, 0.15) is 17.2 Å². The Kier molecular flexibility index (Phi) is 10.7. The number of rotatable bonds is 6. The zero-order chi connectivity index (χ0) is 26.4. The number of pyridine rings is 1. The van der Waals surface area contributed by atoms with Crippen molar-refractivity contribution in [3.63, 3.8) is 0 Å². The number of nitrogens with zero attached hydrogens (tertiary/aromatic N) is 3. The number of aromatic nitrogens is 3. The van der Waals surface area contributed by atoms with Gasteiger partial charge in [-0.05, 0) is 57.4 Å². The summed E-state index contributed by atoms with van der Waals surface area (Å²) in [6.45, 7) is 10.5. The molecule has 1 aliphatic rings. The highest BCUT2D eigenvalue weighted by Crippen LogP contribution is 2.39. The van der Waals surface area contributed by atoms with Gasteiger partial charge < -0.3 is 14.2 Å². The van der Waals surface area contributed by atoms with E-state index in [0.717, 1.165) is 12.1 Å². The molecule has 1 saturated heterocycles. The first-order chi connectivity index (χ1) is 17.3. The van der Waals surface area contributed by atoms with Gasteiger partial charge in [0.05, 0.1) is 31.6 Å². The lowest BCUT2D eigenvalue weighted by molar-refractivity contribution is 0.0526. The normalized spacial score (nSPS) is 13.3. The van der Waals surface area contributed by atoms with Crippen molar-refractivity contribution in [3.05, 3.63) is 52.9 Å². The monoisotopic (exact) mass is 517 g/mol. The van der Waals surface area contributed by atoms with Crippen LogP contribution < -0.4 is 4.74 Å². The molecule has 0 bridgehead atoms. The molecule has 4 rings (SSSR count). The van der Waals surface area contributed by atoms with E-state index in [-0.39, 0.29) is 48.3 Å². The largest absolute Gasteiger partial charge is 0.481 e. The van der Waals surface area contributed by atoms with E-state index in [1.165, 1.54) is 13.3 Å². The van der Waals surface area contributed by atoms with Gasteiger partial charge in [0.2, 0.25) is 5.88 Å². The number of hydrogen-bond acceptors (Lipinski definition) is 6. The topological polar surface area (TPSA) is 75.5 Å². The van der Waals surface area contributed by atoms with Gasteiger partial charge in [0.25, 0.3) is 0 Å². The average Bonchev–Trinajstić information content (AvgIpc) is 3.32. The molecule has 202 valence electrons. The number of methoxy groups -OCH3 is 1. The molecule has 1 aromatic carbocycles. The maximum absolute atomic E-state index is 15.7. The van der Waals surface area contributed by atoms with Gasteiger partial charge in [0.15, 0.2) is 0 Å². The fraction of sp³-hybridized carbons (Fsp3) is 0.464. The molecule has 2 aromatic heterocycles. The Morgan fingerprint density at radius 3 is 2.35 bits per heavy atom. The van der Waals surface area contributed by atoms with Crippen molar-refractivity contribution < 1.29 is 27.8 Å². The van der Waals surface area contributed by atoms with Crippen molar-refractivity contribution in [1.29, 1.82) is 0 Å². The van der Waals surface area contributed by atoms with Crippen LogP contribution in [-0.2, 0) is 9.47 Å². The summed E-state index contributed by atoms with van der Waals surface area (Å²) in [5.74, 6) is -1.79. The first kappa shape index (κ1) is 29.9. The lowest BCUT2D eigenvalue weighted by Crippen LogP contribution is -2.21. The molecule has 0 atom stereocenters. The minimum atomic E-state index is -0.696. The number of esters is 1. The van der Waals surface area contributed by atoms with E-state index in [4.69, 9.17) is 14.2 Å². The van der Waals surface area contributed by atoms with Crippen LogP contribution in [0.15, 0.2) is 24.4 Å². The number of hydrogen-bond donors (Lipinski definition) is 0. The second-order valence-corrected chi connectivity index (χ2v) is 8.19. The fourth-order valence-electron chi connectivity index (χ4n) is 4.39. The van der Waals surface area contributed by atoms with Gasteiger partial charge in [-0.2, -0.15) is 5.10 Å². The van der Waals surface area contributed by atoms with Gasteiger partial charge in [-0.3, -0.25) is 4.68 Å². The van der Waals surface area contributed by atoms with Crippen LogP contribution in [0.4, 0.5) is 8.78 Å². The van der Waals surface area contributed by atoms with Crippen LogP contribution in [0, 0.1) is 25.5 Å². The molecule has 1 aliphatic heterocycles. The van der Waals surface area contributed by atoms with Gasteiger partial charge >= 0.3 is 5.97 Å². The lowest BCUT2D eigenvalue weighted by atomic mass is 9.97. The standard InChI is InChI=1S/C25H27F2N3O4.C2H6.CH4/c1-5-34-25(31)19-13-28-30(16-6-8-33-9-7-16)23(19)18-12-20(26)17(11-21(18)27)22-14(2)10-15(3)29-24(22)32-4;1-2;/h10-13,16H,5-9H2,1-4H3;1-2H3;1H4. The van der Waals surface area contributed by atoms with Crippen molar-refractivity contribution in [1.82, 2.24) is 14.8 Å². The maximum Gasteiger partial charge on any atom is 0.341 e. The molecule has 0 radical (unpaired) electrons. The van der Waals surface area contributed by atoms with E-state index in [1.54, 1.807) is 31.5 Å². The van der Waals surface area contributed by atoms with Crippen LogP contribution in [0.5, 0.6) is 5.88 Å². The summed E-state index contributed by atoms with van der Waals surface area (Å²) in [5.41, 5.74) is 2.02. The van der Waals surface area contributed by atoms with Crippen molar-refractivity contribution in [3.8, 4) is 28.3 Å². The summed E-state index contributed by atoms with van der Waals surface area (Å²) < 4.78 is 48.7. The van der Waals surface area contributed by atoms with Gasteiger partial charge in [-0.15, -0.1) is 0 Å². The van der Waals surface area contributed by atoms with Crippen molar-refractivity contribution in [2.45, 2.75) is 60.9 Å². The number of halogens is 2. The van der Waals surface area contributed by atoms with Gasteiger partial charge in [-0.1, -0.05) is 21.3 Å². The summed E-state index contributed by atoms with van der Waals surface area (Å²) in [5, 5.41) is 4.36. The quantitative estimate of drug-likeness (QED) is 0.339. The minimum Gasteiger partial charge on any atom is -0.481 e. The van der Waals surface area contributed by atoms with Crippen LogP contribution in [0.1, 0.15) is 68.7 Å². The van der Waals surface area contributed by atoms with Crippen LogP contribution in [0.2, 0.25) is 0 Å². The van der Waals surface area contributed by atoms with Crippen molar-refractivity contribution in [2.75, 3.05) is 26.9 Å². The highest BCUT2D eigenvalue weighted by atomic mass is 19.1. The molecule has 7 nitrogen and oxygen atoms in total. The minimum absolute atomic E-state index is 0. The molecule has 1 fully saturated rings. The molecule has 0 spiro atoms. The molecule has 0 N–H and O–H groups in total. The van der Waals surface area contributed by atoms with E-state index in [0.29, 0.717) is 42.9 Å². The Bertz CT molecular complexity index is 1220. The molecule has 0 aliphatic carbocycles. The number of carbonyl (C=O) groups is 1. The fourth-order valence-corrected chi connectivity index (χ4v) is 4.39. The number of benzene rings is 1. The Morgan fingerprint density at radius 2 is 1.73 bits per heavy atom. The molecular formula is C28H37F2N3O4. The van der Waals surface area contributed by atoms with E-state index in [1.807, 2.05) is 13.8 Å². The van der Waals surface area contributed by atoms with Crippen LogP contribution in [0.25, 0.3) is 22.4 Å². The van der Waals surface area contributed by atoms with Crippen molar-refractivity contribution >= 4 is 5.97 Å². The van der Waals surface area contributed by atoms with E-state index < -0.39 is 17.6 Å². The highest BCUT2D eigenvalue weighted by molar-refractivity contribution is 5.96. The predicted octanol–water partition coefficient (Wildman–Crippen LogP) is 6.71. The first-order valence-electron chi connectivity index (χ1n) is 12.2. The zero-order valence-corrected chi connectivity index (χ0v) is 21.7. The Labute approximate surface area is 217 Å². The summed E-state index contributed by atoms with van der Waals surface area (Å²) in [6, 6.07) is 3.88. The van der Waals surface area contributed by atoms with E-state index in [2.05, 4.69) is 10.1 Å². The summed E-state index contributed by atoms with van der Waals surface area (Å²) in [7, 11) is 1.44. The van der Waals surface area contributed by atoms with Gasteiger partial charge in [0, 0.05) is 35.6 Å². The zero-order valence-electron chi connectivity index (χ0n) is 21.7. The van der Waals surface area contributed by atoms with Crippen molar-refractivity contribution in [2.24, 2.45) is 0 Å². The lowest BCUT2D eigenvalue weighted by Gasteiger charge is -2.25. The summed E-state index contributed by atoms with van der Waals surface area (Å²) in [6.07, 6.45) is 2.64. The molecular weight excluding hydrogens is 480 g/mol. The number of aryl methyl sites for hydroxylation is 2. The smallest absolute Gasteiger partial charge is 0.341 e. The molecule has 0 saturated carbocycles. The third-order valence-electron chi connectivity index (χ3n) is 5.91. The second-order valence-electron chi connectivity index (χ2n) is 8.19. The third kappa shape index (κ3) is 6.15. The number of carbonyl (C=O) groups excluding carboxylic acids is 1. The van der Waals surface area contributed by atoms with Crippen LogP contribution in [-0.4, -0.2) is 47.7 Å². The van der Waals surface area contributed by atoms with E-state index in [9.17, 15) is 4.79 Å². The molecule has 9 heteroatoms. The third-order valence-corrected chi connectivity index (χ3v) is 5.91. The molecule has 0 unspecified atom stereocenters. The second kappa shape index (κ2) is 13.3. The van der Waals surface area contributed by atoms with Crippen LogP contribution >= 0.6 is 0 Å². The highest BCUT2D eigenvalue weighted by Gasteiger charge is 2.29. The first-order valence-corrected chi connectivity index (χ1v) is 12.2. The Hall–Kier alpha value is -3.33. The maximum atomic E-state index is 15.7. The molecule has 3 aromatic rings. The molecule has 0 amide bonds. The van der Waals surface area contributed by atoms with Gasteiger partial charge in [-0.25, -0.2) is 18.6 Å². The SMILES string of the molecule is C.CC.CCOC(=O)c1cnn(C2CCOCC2)c1-c1cc(F)c(-c2c(C)cc(C)nc2OC)cc1F. The predicted molar refractivity (Wildman–Crippen MR) is 140 cm³/mol. The summed E-state index contributed by atoms with van der Waals surface area (Å²) in [4.78, 5) is 16.9.